The molecule has 0 bridgehead atoms. The summed E-state index contributed by atoms with van der Waals surface area (Å²) < 4.78 is 6.50. The maximum atomic E-state index is 10.9. The molecule has 6 heteroatoms. The predicted octanol–water partition coefficient (Wildman–Crippen LogP) is -0.457. The van der Waals surface area contributed by atoms with Gasteiger partial charge in [-0.25, -0.2) is 4.68 Å². The van der Waals surface area contributed by atoms with E-state index in [0.717, 1.165) is 0 Å². The minimum atomic E-state index is -0.577. The number of aryl methyl sites for hydroxylation is 1. The number of methoxy groups -OCH3 is 1. The third-order valence-electron chi connectivity index (χ3n) is 1.65. The highest BCUT2D eigenvalue weighted by Crippen LogP contribution is 2.05. The lowest BCUT2D eigenvalue weighted by Gasteiger charge is -2.02. The summed E-state index contributed by atoms with van der Waals surface area (Å²) in [5.74, 6) is -0.577. The van der Waals surface area contributed by atoms with Crippen molar-refractivity contribution in [3.05, 3.63) is 11.4 Å². The number of hydrogen-bond acceptors (Lipinski definition) is 4. The van der Waals surface area contributed by atoms with Crippen molar-refractivity contribution < 1.29 is 9.53 Å². The summed E-state index contributed by atoms with van der Waals surface area (Å²) in [4.78, 5) is 10.9. The van der Waals surface area contributed by atoms with Gasteiger partial charge in [0.2, 0.25) is 0 Å². The van der Waals surface area contributed by atoms with Crippen molar-refractivity contribution >= 4 is 5.91 Å². The Balaban J connectivity index is 3.06. The van der Waals surface area contributed by atoms with Crippen LogP contribution in [0.5, 0.6) is 0 Å². The van der Waals surface area contributed by atoms with Gasteiger partial charge in [0.25, 0.3) is 5.91 Å². The number of rotatable bonds is 4. The SMILES string of the molecule is CCn1nnc(C(N)=O)c1COC. The van der Waals surface area contributed by atoms with E-state index in [9.17, 15) is 4.79 Å². The lowest BCUT2D eigenvalue weighted by molar-refractivity contribution is 0.0990. The highest BCUT2D eigenvalue weighted by Gasteiger charge is 2.15. The Morgan fingerprint density at radius 3 is 2.85 bits per heavy atom. The molecule has 0 atom stereocenters. The van der Waals surface area contributed by atoms with E-state index < -0.39 is 5.91 Å². The van der Waals surface area contributed by atoms with E-state index in [1.165, 1.54) is 7.11 Å². The van der Waals surface area contributed by atoms with Crippen molar-refractivity contribution in [3.63, 3.8) is 0 Å². The van der Waals surface area contributed by atoms with Gasteiger partial charge in [0, 0.05) is 13.7 Å². The Kier molecular flexibility index (Phi) is 2.97. The molecule has 0 saturated heterocycles. The molecule has 1 rings (SSSR count). The second kappa shape index (κ2) is 3.99. The second-order valence-electron chi connectivity index (χ2n) is 2.50. The standard InChI is InChI=1S/C7H12N4O2/c1-3-11-5(4-13-2)6(7(8)12)9-10-11/h3-4H2,1-2H3,(H2,8,12). The Bertz CT molecular complexity index is 307. The van der Waals surface area contributed by atoms with Crippen molar-refractivity contribution in [3.8, 4) is 0 Å². The lowest BCUT2D eigenvalue weighted by atomic mass is 10.3. The fourth-order valence-electron chi connectivity index (χ4n) is 1.06. The van der Waals surface area contributed by atoms with Crippen LogP contribution in [0.3, 0.4) is 0 Å². The van der Waals surface area contributed by atoms with Gasteiger partial charge in [0.1, 0.15) is 0 Å². The minimum Gasteiger partial charge on any atom is -0.378 e. The maximum absolute atomic E-state index is 10.9. The van der Waals surface area contributed by atoms with Gasteiger partial charge in [0.15, 0.2) is 5.69 Å². The van der Waals surface area contributed by atoms with E-state index in [2.05, 4.69) is 10.3 Å². The summed E-state index contributed by atoms with van der Waals surface area (Å²) in [5.41, 5.74) is 5.91. The molecule has 0 aliphatic heterocycles. The van der Waals surface area contributed by atoms with Gasteiger partial charge in [-0.2, -0.15) is 0 Å². The first-order chi connectivity index (χ1) is 6.20. The first-order valence-corrected chi connectivity index (χ1v) is 3.91. The maximum Gasteiger partial charge on any atom is 0.271 e. The summed E-state index contributed by atoms with van der Waals surface area (Å²) in [6.07, 6.45) is 0. The van der Waals surface area contributed by atoms with Crippen molar-refractivity contribution in [2.24, 2.45) is 5.73 Å². The number of carbonyl (C=O) groups excluding carboxylic acids is 1. The molecular weight excluding hydrogens is 172 g/mol. The summed E-state index contributed by atoms with van der Waals surface area (Å²) in [5, 5.41) is 7.42. The molecule has 1 amide bonds. The normalized spacial score (nSPS) is 10.3. The number of primary amides is 1. The molecular formula is C7H12N4O2. The number of amides is 1. The van der Waals surface area contributed by atoms with Crippen LogP contribution in [0, 0.1) is 0 Å². The number of nitrogens with two attached hydrogens (primary N) is 1. The zero-order chi connectivity index (χ0) is 9.84. The van der Waals surface area contributed by atoms with Crippen LogP contribution in [0.25, 0.3) is 0 Å². The van der Waals surface area contributed by atoms with Gasteiger partial charge in [-0.1, -0.05) is 5.21 Å². The molecule has 1 aromatic rings. The van der Waals surface area contributed by atoms with Crippen molar-refractivity contribution in [2.75, 3.05) is 7.11 Å². The fraction of sp³-hybridized carbons (Fsp3) is 0.571. The van der Waals surface area contributed by atoms with Crippen molar-refractivity contribution in [2.45, 2.75) is 20.1 Å². The van der Waals surface area contributed by atoms with Gasteiger partial charge < -0.3 is 10.5 Å². The zero-order valence-electron chi connectivity index (χ0n) is 7.65. The zero-order valence-corrected chi connectivity index (χ0v) is 7.65. The van der Waals surface area contributed by atoms with Gasteiger partial charge >= 0.3 is 0 Å². The Labute approximate surface area is 75.7 Å². The molecule has 0 unspecified atom stereocenters. The van der Waals surface area contributed by atoms with Crippen LogP contribution in [0.15, 0.2) is 0 Å². The van der Waals surface area contributed by atoms with Crippen LogP contribution in [-0.4, -0.2) is 28.0 Å². The molecule has 0 aliphatic carbocycles. The highest BCUT2D eigenvalue weighted by atomic mass is 16.5. The van der Waals surface area contributed by atoms with Gasteiger partial charge in [-0.3, -0.25) is 4.79 Å². The average molecular weight is 184 g/mol. The molecule has 72 valence electrons. The Morgan fingerprint density at radius 2 is 2.38 bits per heavy atom. The number of ether oxygens (including phenoxy) is 1. The molecule has 13 heavy (non-hydrogen) atoms. The molecule has 0 fully saturated rings. The summed E-state index contributed by atoms with van der Waals surface area (Å²) in [6, 6.07) is 0. The van der Waals surface area contributed by atoms with E-state index in [-0.39, 0.29) is 5.69 Å². The molecule has 0 aliphatic rings. The van der Waals surface area contributed by atoms with Crippen LogP contribution in [-0.2, 0) is 17.9 Å². The van der Waals surface area contributed by atoms with Crippen molar-refractivity contribution in [1.29, 1.82) is 0 Å². The van der Waals surface area contributed by atoms with Crippen LogP contribution in [0.4, 0.5) is 0 Å². The van der Waals surface area contributed by atoms with Crippen LogP contribution < -0.4 is 5.73 Å². The molecule has 2 N–H and O–H groups in total. The van der Waals surface area contributed by atoms with Gasteiger partial charge in [-0.05, 0) is 6.92 Å². The Hall–Kier alpha value is -1.43. The van der Waals surface area contributed by atoms with E-state index >= 15 is 0 Å². The molecule has 6 nitrogen and oxygen atoms in total. The fourth-order valence-corrected chi connectivity index (χ4v) is 1.06. The third kappa shape index (κ3) is 1.83. The summed E-state index contributed by atoms with van der Waals surface area (Å²) in [6.45, 7) is 2.83. The van der Waals surface area contributed by atoms with Crippen LogP contribution in [0.2, 0.25) is 0 Å². The summed E-state index contributed by atoms with van der Waals surface area (Å²) >= 11 is 0. The molecule has 0 radical (unpaired) electrons. The average Bonchev–Trinajstić information content (AvgIpc) is 2.48. The predicted molar refractivity (Wildman–Crippen MR) is 44.9 cm³/mol. The first kappa shape index (κ1) is 9.66. The highest BCUT2D eigenvalue weighted by molar-refractivity contribution is 5.91. The third-order valence-corrected chi connectivity index (χ3v) is 1.65. The Morgan fingerprint density at radius 1 is 1.69 bits per heavy atom. The first-order valence-electron chi connectivity index (χ1n) is 3.91. The minimum absolute atomic E-state index is 0.184. The number of hydrogen-bond donors (Lipinski definition) is 1. The smallest absolute Gasteiger partial charge is 0.271 e. The monoisotopic (exact) mass is 184 g/mol. The molecule has 1 aromatic heterocycles. The lowest BCUT2D eigenvalue weighted by Crippen LogP contribution is -2.15. The van der Waals surface area contributed by atoms with E-state index in [1.807, 2.05) is 6.92 Å². The van der Waals surface area contributed by atoms with Crippen LogP contribution in [0.1, 0.15) is 23.1 Å². The quantitative estimate of drug-likeness (QED) is 0.686. The molecule has 0 saturated carbocycles. The number of aromatic nitrogens is 3. The van der Waals surface area contributed by atoms with E-state index in [0.29, 0.717) is 18.8 Å². The number of nitrogens with zero attached hydrogens (tertiary/aromatic N) is 3. The second-order valence-corrected chi connectivity index (χ2v) is 2.50. The topological polar surface area (TPSA) is 83.0 Å². The number of carbonyl (C=O) groups is 1. The van der Waals surface area contributed by atoms with E-state index in [1.54, 1.807) is 4.68 Å². The largest absolute Gasteiger partial charge is 0.378 e. The van der Waals surface area contributed by atoms with Crippen LogP contribution >= 0.6 is 0 Å². The van der Waals surface area contributed by atoms with Crippen molar-refractivity contribution in [1.82, 2.24) is 15.0 Å². The molecule has 0 spiro atoms. The van der Waals surface area contributed by atoms with Gasteiger partial charge in [0.05, 0.1) is 12.3 Å². The van der Waals surface area contributed by atoms with E-state index in [4.69, 9.17) is 10.5 Å². The summed E-state index contributed by atoms with van der Waals surface area (Å²) in [7, 11) is 1.54. The molecule has 0 aromatic carbocycles. The van der Waals surface area contributed by atoms with Gasteiger partial charge in [-0.15, -0.1) is 5.10 Å². The molecule has 1 heterocycles.